The molecule has 0 aromatic carbocycles. The number of hydrogen-bond acceptors (Lipinski definition) is 3. The van der Waals surface area contributed by atoms with Gasteiger partial charge in [0.25, 0.3) is 0 Å². The zero-order valence-corrected chi connectivity index (χ0v) is 10.9. The standard InChI is InChI=1S/C12H19NO2S/c1-4-5-6-7-9-10(14)12(16)11(15-3)8(2)13-9/h14H,4-7H2,1-3H3,(H,13,16). The van der Waals surface area contributed by atoms with Crippen molar-refractivity contribution in [2.75, 3.05) is 7.11 Å². The van der Waals surface area contributed by atoms with E-state index in [-0.39, 0.29) is 5.75 Å². The maximum atomic E-state index is 9.92. The fraction of sp³-hybridized carbons (Fsp3) is 0.583. The first-order valence-corrected chi connectivity index (χ1v) is 6.01. The van der Waals surface area contributed by atoms with Gasteiger partial charge in [0, 0.05) is 0 Å². The van der Waals surface area contributed by atoms with Gasteiger partial charge < -0.3 is 14.8 Å². The van der Waals surface area contributed by atoms with E-state index in [0.717, 1.165) is 37.1 Å². The van der Waals surface area contributed by atoms with Gasteiger partial charge in [-0.15, -0.1) is 0 Å². The lowest BCUT2D eigenvalue weighted by Gasteiger charge is -2.11. The number of nitrogens with one attached hydrogen (secondary N) is 1. The number of hydrogen-bond donors (Lipinski definition) is 2. The average Bonchev–Trinajstić information content (AvgIpc) is 2.26. The van der Waals surface area contributed by atoms with Crippen LogP contribution in [-0.4, -0.2) is 17.2 Å². The van der Waals surface area contributed by atoms with Crippen molar-refractivity contribution in [1.29, 1.82) is 0 Å². The van der Waals surface area contributed by atoms with Gasteiger partial charge in [0.05, 0.1) is 18.5 Å². The molecule has 0 aliphatic carbocycles. The van der Waals surface area contributed by atoms with E-state index in [0.29, 0.717) is 10.3 Å². The predicted octanol–water partition coefficient (Wildman–Crippen LogP) is 3.50. The Morgan fingerprint density at radius 3 is 2.62 bits per heavy atom. The summed E-state index contributed by atoms with van der Waals surface area (Å²) in [4.78, 5) is 3.15. The number of unbranched alkanes of at least 4 members (excludes halogenated alkanes) is 2. The smallest absolute Gasteiger partial charge is 0.159 e. The normalized spacial score (nSPS) is 10.4. The second-order valence-electron chi connectivity index (χ2n) is 3.90. The van der Waals surface area contributed by atoms with Crippen molar-refractivity contribution in [1.82, 2.24) is 4.98 Å². The summed E-state index contributed by atoms with van der Waals surface area (Å²) in [5.74, 6) is 0.722. The van der Waals surface area contributed by atoms with Crippen molar-refractivity contribution in [3.05, 3.63) is 15.9 Å². The molecule has 4 heteroatoms. The first-order chi connectivity index (χ1) is 7.61. The van der Waals surface area contributed by atoms with Gasteiger partial charge in [-0.2, -0.15) is 0 Å². The quantitative estimate of drug-likeness (QED) is 0.612. The van der Waals surface area contributed by atoms with Crippen LogP contribution in [0.4, 0.5) is 0 Å². The fourth-order valence-electron chi connectivity index (χ4n) is 1.74. The average molecular weight is 241 g/mol. The number of aromatic nitrogens is 1. The zero-order chi connectivity index (χ0) is 12.1. The molecule has 0 saturated heterocycles. The van der Waals surface area contributed by atoms with Gasteiger partial charge in [-0.05, 0) is 19.8 Å². The minimum absolute atomic E-state index is 0.161. The Labute approximate surface area is 101 Å². The lowest BCUT2D eigenvalue weighted by molar-refractivity contribution is 0.396. The SMILES string of the molecule is CCCCCc1[nH]c(C)c(OC)c(=S)c1O. The molecule has 3 nitrogen and oxygen atoms in total. The summed E-state index contributed by atoms with van der Waals surface area (Å²) in [6.45, 7) is 4.05. The lowest BCUT2D eigenvalue weighted by atomic mass is 10.1. The molecule has 0 spiro atoms. The highest BCUT2D eigenvalue weighted by Gasteiger charge is 2.10. The second kappa shape index (κ2) is 5.89. The van der Waals surface area contributed by atoms with Crippen LogP contribution >= 0.6 is 12.2 Å². The zero-order valence-electron chi connectivity index (χ0n) is 10.1. The van der Waals surface area contributed by atoms with Gasteiger partial charge in [-0.3, -0.25) is 0 Å². The molecule has 0 amide bonds. The first kappa shape index (κ1) is 13.0. The van der Waals surface area contributed by atoms with E-state index in [9.17, 15) is 5.11 Å². The minimum Gasteiger partial charge on any atom is -0.505 e. The number of aryl methyl sites for hydroxylation is 2. The number of H-pyrrole nitrogens is 1. The van der Waals surface area contributed by atoms with Crippen molar-refractivity contribution >= 4 is 12.2 Å². The monoisotopic (exact) mass is 241 g/mol. The molecule has 1 aromatic rings. The number of ether oxygens (including phenoxy) is 1. The predicted molar refractivity (Wildman–Crippen MR) is 67.8 cm³/mol. The lowest BCUT2D eigenvalue weighted by Crippen LogP contribution is -1.98. The molecule has 0 radical (unpaired) electrons. The highest BCUT2D eigenvalue weighted by molar-refractivity contribution is 7.71. The van der Waals surface area contributed by atoms with Crippen LogP contribution in [0.25, 0.3) is 0 Å². The van der Waals surface area contributed by atoms with E-state index >= 15 is 0 Å². The third-order valence-corrected chi connectivity index (χ3v) is 3.00. The van der Waals surface area contributed by atoms with Gasteiger partial charge in [-0.1, -0.05) is 32.0 Å². The molecule has 0 aliphatic rings. The van der Waals surface area contributed by atoms with Gasteiger partial charge in [0.15, 0.2) is 11.5 Å². The van der Waals surface area contributed by atoms with Crippen molar-refractivity contribution in [2.24, 2.45) is 0 Å². The van der Waals surface area contributed by atoms with Crippen LogP contribution in [0.15, 0.2) is 0 Å². The molecule has 0 aliphatic heterocycles. The van der Waals surface area contributed by atoms with E-state index in [1.165, 1.54) is 0 Å². The summed E-state index contributed by atoms with van der Waals surface area (Å²) in [7, 11) is 1.56. The third kappa shape index (κ3) is 2.76. The molecule has 0 unspecified atom stereocenters. The molecule has 0 saturated carbocycles. The maximum Gasteiger partial charge on any atom is 0.159 e. The van der Waals surface area contributed by atoms with Gasteiger partial charge >= 0.3 is 0 Å². The van der Waals surface area contributed by atoms with Crippen molar-refractivity contribution < 1.29 is 9.84 Å². The molecular formula is C12H19NO2S. The summed E-state index contributed by atoms with van der Waals surface area (Å²) in [6, 6.07) is 0. The third-order valence-electron chi connectivity index (χ3n) is 2.62. The highest BCUT2D eigenvalue weighted by Crippen LogP contribution is 2.28. The van der Waals surface area contributed by atoms with Crippen LogP contribution in [0, 0.1) is 11.4 Å². The minimum atomic E-state index is 0.161. The van der Waals surface area contributed by atoms with Crippen molar-refractivity contribution in [3.63, 3.8) is 0 Å². The molecule has 1 aromatic heterocycles. The van der Waals surface area contributed by atoms with E-state index in [4.69, 9.17) is 17.0 Å². The van der Waals surface area contributed by atoms with E-state index in [1.54, 1.807) is 7.11 Å². The van der Waals surface area contributed by atoms with E-state index in [2.05, 4.69) is 11.9 Å². The van der Waals surface area contributed by atoms with Gasteiger partial charge in [-0.25, -0.2) is 0 Å². The molecule has 16 heavy (non-hydrogen) atoms. The van der Waals surface area contributed by atoms with Crippen molar-refractivity contribution in [3.8, 4) is 11.5 Å². The summed E-state index contributed by atoms with van der Waals surface area (Å²) in [5.41, 5.74) is 1.69. The van der Waals surface area contributed by atoms with E-state index in [1.807, 2.05) is 6.92 Å². The number of rotatable bonds is 5. The summed E-state index contributed by atoms with van der Waals surface area (Å²) < 4.78 is 5.55. The Kier molecular flexibility index (Phi) is 4.80. The largest absolute Gasteiger partial charge is 0.505 e. The van der Waals surface area contributed by atoms with Crippen LogP contribution in [0.1, 0.15) is 37.6 Å². The molecular weight excluding hydrogens is 222 g/mol. The Balaban J connectivity index is 2.99. The molecule has 0 atom stereocenters. The second-order valence-corrected chi connectivity index (χ2v) is 4.30. The van der Waals surface area contributed by atoms with Gasteiger partial charge in [0.1, 0.15) is 4.51 Å². The highest BCUT2D eigenvalue weighted by atomic mass is 32.1. The van der Waals surface area contributed by atoms with Gasteiger partial charge in [0.2, 0.25) is 0 Å². The molecule has 0 fully saturated rings. The first-order valence-electron chi connectivity index (χ1n) is 5.60. The topological polar surface area (TPSA) is 45.2 Å². The molecule has 1 heterocycles. The molecule has 0 bridgehead atoms. The maximum absolute atomic E-state index is 9.92. The summed E-state index contributed by atoms with van der Waals surface area (Å²) in [6.07, 6.45) is 4.21. The Hall–Kier alpha value is -1.03. The summed E-state index contributed by atoms with van der Waals surface area (Å²) in [5, 5.41) is 9.92. The Bertz CT molecular complexity index is 412. The number of methoxy groups -OCH3 is 1. The molecule has 90 valence electrons. The molecule has 1 rings (SSSR count). The fourth-order valence-corrected chi connectivity index (χ4v) is 2.10. The summed E-state index contributed by atoms with van der Waals surface area (Å²) >= 11 is 5.15. The van der Waals surface area contributed by atoms with Crippen LogP contribution < -0.4 is 4.74 Å². The van der Waals surface area contributed by atoms with E-state index < -0.39 is 0 Å². The van der Waals surface area contributed by atoms with Crippen LogP contribution in [-0.2, 0) is 6.42 Å². The number of aromatic amines is 1. The Morgan fingerprint density at radius 2 is 2.06 bits per heavy atom. The molecule has 2 N–H and O–H groups in total. The Morgan fingerprint density at radius 1 is 1.38 bits per heavy atom. The van der Waals surface area contributed by atoms with Crippen LogP contribution in [0.5, 0.6) is 11.5 Å². The van der Waals surface area contributed by atoms with Crippen LogP contribution in [0.3, 0.4) is 0 Å². The van der Waals surface area contributed by atoms with Crippen LogP contribution in [0.2, 0.25) is 0 Å². The van der Waals surface area contributed by atoms with Crippen molar-refractivity contribution in [2.45, 2.75) is 39.5 Å². The number of pyridine rings is 1. The number of aromatic hydroxyl groups is 1.